The van der Waals surface area contributed by atoms with E-state index in [1.54, 1.807) is 19.2 Å². The van der Waals surface area contributed by atoms with Crippen LogP contribution < -0.4 is 4.74 Å². The largest absolute Gasteiger partial charge is 0.507 e. The third kappa shape index (κ3) is 2.35. The summed E-state index contributed by atoms with van der Waals surface area (Å²) in [6.45, 7) is 1.43. The number of hydrogen-bond donors (Lipinski definition) is 1. The van der Waals surface area contributed by atoms with Gasteiger partial charge in [-0.2, -0.15) is 0 Å². The van der Waals surface area contributed by atoms with E-state index in [0.717, 1.165) is 16.9 Å². The average Bonchev–Trinajstić information content (AvgIpc) is 2.38. The Kier molecular flexibility index (Phi) is 3.33. The third-order valence-electron chi connectivity index (χ3n) is 2.78. The number of ether oxygens (including phenoxy) is 1. The zero-order valence-electron chi connectivity index (χ0n) is 10.3. The van der Waals surface area contributed by atoms with Gasteiger partial charge in [-0.05, 0) is 42.3 Å². The van der Waals surface area contributed by atoms with Crippen molar-refractivity contribution in [2.45, 2.75) is 6.92 Å². The maximum Gasteiger partial charge on any atom is 0.163 e. The quantitative estimate of drug-likeness (QED) is 0.840. The van der Waals surface area contributed by atoms with E-state index in [0.29, 0.717) is 5.56 Å². The smallest absolute Gasteiger partial charge is 0.163 e. The van der Waals surface area contributed by atoms with E-state index in [1.807, 2.05) is 30.3 Å². The van der Waals surface area contributed by atoms with Crippen molar-refractivity contribution in [2.24, 2.45) is 0 Å². The zero-order valence-corrected chi connectivity index (χ0v) is 10.3. The number of hydrogen-bond acceptors (Lipinski definition) is 3. The number of rotatable bonds is 3. The molecule has 92 valence electrons. The lowest BCUT2D eigenvalue weighted by molar-refractivity contribution is 0.101. The van der Waals surface area contributed by atoms with Crippen molar-refractivity contribution in [3.8, 4) is 22.6 Å². The number of benzene rings is 2. The zero-order chi connectivity index (χ0) is 13.1. The lowest BCUT2D eigenvalue weighted by Gasteiger charge is -2.07. The molecule has 3 nitrogen and oxygen atoms in total. The summed E-state index contributed by atoms with van der Waals surface area (Å²) in [4.78, 5) is 11.2. The Morgan fingerprint density at radius 1 is 1.11 bits per heavy atom. The summed E-state index contributed by atoms with van der Waals surface area (Å²) >= 11 is 0. The summed E-state index contributed by atoms with van der Waals surface area (Å²) < 4.78 is 5.15. The molecule has 0 fully saturated rings. The number of phenolic OH excluding ortho intramolecular Hbond substituents is 1. The van der Waals surface area contributed by atoms with Gasteiger partial charge in [-0.25, -0.2) is 0 Å². The minimum absolute atomic E-state index is 0.00261. The van der Waals surface area contributed by atoms with E-state index in [9.17, 15) is 9.90 Å². The van der Waals surface area contributed by atoms with E-state index in [1.165, 1.54) is 6.92 Å². The molecule has 0 aromatic heterocycles. The van der Waals surface area contributed by atoms with Crippen LogP contribution in [-0.2, 0) is 0 Å². The average molecular weight is 242 g/mol. The highest BCUT2D eigenvalue weighted by Crippen LogP contribution is 2.28. The van der Waals surface area contributed by atoms with Crippen LogP contribution >= 0.6 is 0 Å². The molecule has 18 heavy (non-hydrogen) atoms. The van der Waals surface area contributed by atoms with Crippen molar-refractivity contribution in [1.29, 1.82) is 0 Å². The maximum absolute atomic E-state index is 11.2. The molecule has 2 aromatic rings. The van der Waals surface area contributed by atoms with Crippen molar-refractivity contribution < 1.29 is 14.6 Å². The minimum atomic E-state index is -0.148. The van der Waals surface area contributed by atoms with Crippen molar-refractivity contribution in [3.63, 3.8) is 0 Å². The Morgan fingerprint density at radius 3 is 2.44 bits per heavy atom. The number of Topliss-reactive ketones (excluding diaryl/α,β-unsaturated/α-hetero) is 1. The SMILES string of the molecule is COc1cccc(-c2ccc(C(C)=O)c(O)c2)c1. The molecular weight excluding hydrogens is 228 g/mol. The fraction of sp³-hybridized carbons (Fsp3) is 0.133. The molecule has 2 aromatic carbocycles. The summed E-state index contributed by atoms with van der Waals surface area (Å²) in [5.41, 5.74) is 2.11. The van der Waals surface area contributed by atoms with Crippen LogP contribution in [0.2, 0.25) is 0 Å². The summed E-state index contributed by atoms with van der Waals surface area (Å²) in [7, 11) is 1.61. The van der Waals surface area contributed by atoms with Crippen molar-refractivity contribution >= 4 is 5.78 Å². The molecule has 0 aliphatic rings. The van der Waals surface area contributed by atoms with Crippen LogP contribution in [0.15, 0.2) is 42.5 Å². The van der Waals surface area contributed by atoms with Gasteiger partial charge in [0.2, 0.25) is 0 Å². The maximum atomic E-state index is 11.2. The van der Waals surface area contributed by atoms with E-state index in [4.69, 9.17) is 4.74 Å². The molecule has 0 aliphatic carbocycles. The summed E-state index contributed by atoms with van der Waals surface area (Å²) in [5.74, 6) is 0.607. The second-order valence-corrected chi connectivity index (χ2v) is 4.02. The van der Waals surface area contributed by atoms with E-state index < -0.39 is 0 Å². The minimum Gasteiger partial charge on any atom is -0.507 e. The van der Waals surface area contributed by atoms with Crippen molar-refractivity contribution in [1.82, 2.24) is 0 Å². The Labute approximate surface area is 106 Å². The monoisotopic (exact) mass is 242 g/mol. The van der Waals surface area contributed by atoms with Crippen LogP contribution in [-0.4, -0.2) is 18.0 Å². The molecule has 0 bridgehead atoms. The van der Waals surface area contributed by atoms with Gasteiger partial charge in [0.25, 0.3) is 0 Å². The van der Waals surface area contributed by atoms with Crippen LogP contribution in [0.3, 0.4) is 0 Å². The lowest BCUT2D eigenvalue weighted by Crippen LogP contribution is -1.92. The molecule has 2 rings (SSSR count). The molecule has 1 N–H and O–H groups in total. The Bertz CT molecular complexity index is 588. The van der Waals surface area contributed by atoms with Gasteiger partial charge >= 0.3 is 0 Å². The van der Waals surface area contributed by atoms with Crippen LogP contribution in [0, 0.1) is 0 Å². The predicted octanol–water partition coefficient (Wildman–Crippen LogP) is 3.27. The molecule has 0 unspecified atom stereocenters. The molecule has 0 heterocycles. The van der Waals surface area contributed by atoms with E-state index in [2.05, 4.69) is 0 Å². The fourth-order valence-electron chi connectivity index (χ4n) is 1.81. The van der Waals surface area contributed by atoms with Crippen molar-refractivity contribution in [2.75, 3.05) is 7.11 Å². The first-order valence-electron chi connectivity index (χ1n) is 5.60. The van der Waals surface area contributed by atoms with E-state index in [-0.39, 0.29) is 11.5 Å². The summed E-state index contributed by atoms with van der Waals surface area (Å²) in [6, 6.07) is 12.6. The van der Waals surface area contributed by atoms with Gasteiger partial charge in [-0.1, -0.05) is 18.2 Å². The van der Waals surface area contributed by atoms with Gasteiger partial charge in [-0.3, -0.25) is 4.79 Å². The molecule has 0 aliphatic heterocycles. The third-order valence-corrected chi connectivity index (χ3v) is 2.78. The first-order valence-corrected chi connectivity index (χ1v) is 5.60. The van der Waals surface area contributed by atoms with Gasteiger partial charge < -0.3 is 9.84 Å². The summed E-state index contributed by atoms with van der Waals surface area (Å²) in [5, 5.41) is 9.80. The highest BCUT2D eigenvalue weighted by Gasteiger charge is 2.08. The fourth-order valence-corrected chi connectivity index (χ4v) is 1.81. The molecule has 0 atom stereocenters. The van der Waals surface area contributed by atoms with Gasteiger partial charge in [0, 0.05) is 0 Å². The van der Waals surface area contributed by atoms with Gasteiger partial charge in [0.05, 0.1) is 12.7 Å². The number of carbonyl (C=O) groups excluding carboxylic acids is 1. The molecule has 0 saturated carbocycles. The number of ketones is 1. The van der Waals surface area contributed by atoms with E-state index >= 15 is 0 Å². The predicted molar refractivity (Wildman–Crippen MR) is 70.1 cm³/mol. The van der Waals surface area contributed by atoms with Crippen LogP contribution in [0.5, 0.6) is 11.5 Å². The standard InChI is InChI=1S/C15H14O3/c1-10(16)14-7-6-12(9-15(14)17)11-4-3-5-13(8-11)18-2/h3-9,17H,1-2H3. The highest BCUT2D eigenvalue weighted by molar-refractivity contribution is 5.97. The van der Waals surface area contributed by atoms with Crippen molar-refractivity contribution in [3.05, 3.63) is 48.0 Å². The van der Waals surface area contributed by atoms with Crippen LogP contribution in [0.25, 0.3) is 11.1 Å². The molecule has 0 radical (unpaired) electrons. The van der Waals surface area contributed by atoms with Gasteiger partial charge in [-0.15, -0.1) is 0 Å². The second-order valence-electron chi connectivity index (χ2n) is 4.02. The first-order chi connectivity index (χ1) is 8.61. The number of carbonyl (C=O) groups is 1. The normalized spacial score (nSPS) is 10.1. The number of aromatic hydroxyl groups is 1. The Hall–Kier alpha value is -2.29. The molecule has 0 saturated heterocycles. The molecule has 0 spiro atoms. The topological polar surface area (TPSA) is 46.5 Å². The Balaban J connectivity index is 2.45. The molecule has 0 amide bonds. The first kappa shape index (κ1) is 12.2. The Morgan fingerprint density at radius 2 is 1.83 bits per heavy atom. The second kappa shape index (κ2) is 4.92. The molecular formula is C15H14O3. The van der Waals surface area contributed by atoms with Crippen LogP contribution in [0.1, 0.15) is 17.3 Å². The summed E-state index contributed by atoms with van der Waals surface area (Å²) in [6.07, 6.45) is 0. The highest BCUT2D eigenvalue weighted by atomic mass is 16.5. The number of phenols is 1. The van der Waals surface area contributed by atoms with Gasteiger partial charge in [0.1, 0.15) is 11.5 Å². The lowest BCUT2D eigenvalue weighted by atomic mass is 10.0. The van der Waals surface area contributed by atoms with Crippen LogP contribution in [0.4, 0.5) is 0 Å². The molecule has 3 heteroatoms. The van der Waals surface area contributed by atoms with Gasteiger partial charge in [0.15, 0.2) is 5.78 Å². The number of methoxy groups -OCH3 is 1.